The Morgan fingerprint density at radius 2 is 1.80 bits per heavy atom. The molecular weight excluding hydrogens is 260 g/mol. The fourth-order valence-electron chi connectivity index (χ4n) is 2.39. The van der Waals surface area contributed by atoms with Crippen LogP contribution >= 0.6 is 0 Å². The van der Waals surface area contributed by atoms with E-state index < -0.39 is 0 Å². The molecule has 2 atom stereocenters. The number of likely N-dealkylation sites (tertiary alicyclic amines) is 1. The van der Waals surface area contributed by atoms with Gasteiger partial charge in [-0.2, -0.15) is 0 Å². The molecule has 1 heterocycles. The Bertz CT molecular complexity index is 480. The zero-order chi connectivity index (χ0) is 14.7. The minimum Gasteiger partial charge on any atom is -0.495 e. The van der Waals surface area contributed by atoms with E-state index in [0.29, 0.717) is 30.1 Å². The Kier molecular flexibility index (Phi) is 4.46. The third-order valence-corrected chi connectivity index (χ3v) is 3.59. The first kappa shape index (κ1) is 14.6. The molecule has 0 radical (unpaired) electrons. The van der Waals surface area contributed by atoms with Crippen molar-refractivity contribution in [2.75, 3.05) is 40.2 Å². The summed E-state index contributed by atoms with van der Waals surface area (Å²) in [6, 6.07) is 5.02. The fraction of sp³-hybridized carbons (Fsp3) is 0.500. The second kappa shape index (κ2) is 6.11. The number of nitrogen functional groups attached to an aromatic ring is 1. The maximum atomic E-state index is 12.5. The van der Waals surface area contributed by atoms with Crippen molar-refractivity contribution in [3.05, 3.63) is 23.8 Å². The predicted octanol–water partition coefficient (Wildman–Crippen LogP) is 0.763. The Morgan fingerprint density at radius 3 is 2.30 bits per heavy atom. The number of carbonyl (C=O) groups is 1. The van der Waals surface area contributed by atoms with Crippen LogP contribution in [0.15, 0.2) is 18.2 Å². The van der Waals surface area contributed by atoms with Gasteiger partial charge in [-0.3, -0.25) is 4.79 Å². The van der Waals surface area contributed by atoms with Crippen LogP contribution in [-0.2, 0) is 9.47 Å². The molecule has 1 aliphatic rings. The fourth-order valence-corrected chi connectivity index (χ4v) is 2.39. The second-order valence-electron chi connectivity index (χ2n) is 4.72. The van der Waals surface area contributed by atoms with Gasteiger partial charge in [0.25, 0.3) is 5.91 Å². The molecule has 0 bridgehead atoms. The van der Waals surface area contributed by atoms with E-state index >= 15 is 0 Å². The summed E-state index contributed by atoms with van der Waals surface area (Å²) < 4.78 is 15.8. The number of anilines is 1. The van der Waals surface area contributed by atoms with Crippen molar-refractivity contribution >= 4 is 11.6 Å². The highest BCUT2D eigenvalue weighted by molar-refractivity contribution is 5.95. The van der Waals surface area contributed by atoms with E-state index in [1.165, 1.54) is 7.11 Å². The summed E-state index contributed by atoms with van der Waals surface area (Å²) in [6.45, 7) is 1.03. The summed E-state index contributed by atoms with van der Waals surface area (Å²) in [7, 11) is 4.77. The zero-order valence-electron chi connectivity index (χ0n) is 12.0. The van der Waals surface area contributed by atoms with Gasteiger partial charge in [-0.25, -0.2) is 0 Å². The summed E-state index contributed by atoms with van der Waals surface area (Å²) in [6.07, 6.45) is -0.195. The molecule has 2 unspecified atom stereocenters. The van der Waals surface area contributed by atoms with E-state index in [4.69, 9.17) is 19.9 Å². The topological polar surface area (TPSA) is 74.0 Å². The number of carbonyl (C=O) groups excluding carboxylic acids is 1. The molecule has 2 rings (SSSR count). The minimum atomic E-state index is -0.0976. The van der Waals surface area contributed by atoms with Crippen molar-refractivity contribution in [3.63, 3.8) is 0 Å². The molecule has 0 aliphatic carbocycles. The molecule has 2 N–H and O–H groups in total. The largest absolute Gasteiger partial charge is 0.495 e. The molecule has 6 heteroatoms. The Morgan fingerprint density at radius 1 is 1.20 bits per heavy atom. The van der Waals surface area contributed by atoms with Crippen LogP contribution in [0.4, 0.5) is 5.69 Å². The number of ether oxygens (including phenoxy) is 3. The summed E-state index contributed by atoms with van der Waals surface area (Å²) in [4.78, 5) is 14.2. The average molecular weight is 280 g/mol. The molecular formula is C14H20N2O4. The number of nitrogens with two attached hydrogens (primary N) is 1. The second-order valence-corrected chi connectivity index (χ2v) is 4.72. The number of rotatable bonds is 4. The van der Waals surface area contributed by atoms with Gasteiger partial charge in [0.05, 0.1) is 12.8 Å². The van der Waals surface area contributed by atoms with Gasteiger partial charge in [0.1, 0.15) is 18.0 Å². The van der Waals surface area contributed by atoms with E-state index in [0.717, 1.165) is 0 Å². The first-order valence-electron chi connectivity index (χ1n) is 6.39. The molecule has 1 aliphatic heterocycles. The third-order valence-electron chi connectivity index (χ3n) is 3.59. The van der Waals surface area contributed by atoms with Gasteiger partial charge < -0.3 is 24.8 Å². The first-order chi connectivity index (χ1) is 9.60. The summed E-state index contributed by atoms with van der Waals surface area (Å²) in [5, 5.41) is 0. The number of amides is 1. The summed E-state index contributed by atoms with van der Waals surface area (Å²) >= 11 is 0. The van der Waals surface area contributed by atoms with Gasteiger partial charge >= 0.3 is 0 Å². The molecule has 1 amide bonds. The third kappa shape index (κ3) is 2.71. The van der Waals surface area contributed by atoms with Crippen molar-refractivity contribution < 1.29 is 19.0 Å². The van der Waals surface area contributed by atoms with Crippen molar-refractivity contribution in [2.45, 2.75) is 12.2 Å². The van der Waals surface area contributed by atoms with Crippen LogP contribution in [0.1, 0.15) is 10.4 Å². The van der Waals surface area contributed by atoms with Crippen molar-refractivity contribution in [2.24, 2.45) is 0 Å². The molecule has 6 nitrogen and oxygen atoms in total. The summed E-state index contributed by atoms with van der Waals surface area (Å²) in [5.41, 5.74) is 6.80. The molecule has 1 fully saturated rings. The number of nitrogens with zero attached hydrogens (tertiary/aromatic N) is 1. The van der Waals surface area contributed by atoms with Crippen LogP contribution in [0.25, 0.3) is 0 Å². The van der Waals surface area contributed by atoms with Crippen LogP contribution in [-0.4, -0.2) is 57.4 Å². The van der Waals surface area contributed by atoms with Gasteiger partial charge in [-0.1, -0.05) is 0 Å². The highest BCUT2D eigenvalue weighted by Gasteiger charge is 2.35. The monoisotopic (exact) mass is 280 g/mol. The Hall–Kier alpha value is -1.79. The predicted molar refractivity (Wildman–Crippen MR) is 74.9 cm³/mol. The van der Waals surface area contributed by atoms with E-state index in [9.17, 15) is 4.79 Å². The lowest BCUT2D eigenvalue weighted by Gasteiger charge is -2.16. The number of hydrogen-bond donors (Lipinski definition) is 1. The minimum absolute atomic E-state index is 0.0788. The van der Waals surface area contributed by atoms with E-state index in [1.54, 1.807) is 37.3 Å². The van der Waals surface area contributed by atoms with Gasteiger partial charge in [-0.05, 0) is 18.2 Å². The molecule has 1 aromatic carbocycles. The molecule has 0 aromatic heterocycles. The van der Waals surface area contributed by atoms with E-state index in [1.807, 2.05) is 0 Å². The Balaban J connectivity index is 2.16. The highest BCUT2D eigenvalue weighted by atomic mass is 16.5. The summed E-state index contributed by atoms with van der Waals surface area (Å²) in [5.74, 6) is 0.423. The lowest BCUT2D eigenvalue weighted by molar-refractivity contribution is -0.00461. The standard InChI is InChI=1S/C14H20N2O4/c1-18-11-6-9(4-5-10(11)15)14(17)16-7-12(19-2)13(8-16)20-3/h4-6,12-13H,7-8,15H2,1-3H3. The average Bonchev–Trinajstić information content (AvgIpc) is 2.90. The zero-order valence-corrected chi connectivity index (χ0v) is 12.0. The van der Waals surface area contributed by atoms with Gasteiger partial charge in [-0.15, -0.1) is 0 Å². The van der Waals surface area contributed by atoms with Crippen molar-refractivity contribution in [1.29, 1.82) is 0 Å². The van der Waals surface area contributed by atoms with Crippen LogP contribution in [0.5, 0.6) is 5.75 Å². The van der Waals surface area contributed by atoms with Crippen molar-refractivity contribution in [3.8, 4) is 5.75 Å². The number of benzene rings is 1. The molecule has 1 saturated heterocycles. The lowest BCUT2D eigenvalue weighted by Crippen LogP contribution is -2.30. The molecule has 20 heavy (non-hydrogen) atoms. The smallest absolute Gasteiger partial charge is 0.254 e. The normalized spacial score (nSPS) is 22.1. The first-order valence-corrected chi connectivity index (χ1v) is 6.39. The lowest BCUT2D eigenvalue weighted by atomic mass is 10.1. The quantitative estimate of drug-likeness (QED) is 0.824. The maximum absolute atomic E-state index is 12.5. The SMILES string of the molecule is COc1cc(C(=O)N2CC(OC)C(OC)C2)ccc1N. The highest BCUT2D eigenvalue weighted by Crippen LogP contribution is 2.24. The Labute approximate surface area is 118 Å². The number of hydrogen-bond acceptors (Lipinski definition) is 5. The number of methoxy groups -OCH3 is 3. The van der Waals surface area contributed by atoms with E-state index in [-0.39, 0.29) is 18.1 Å². The van der Waals surface area contributed by atoms with Gasteiger partial charge in [0.15, 0.2) is 0 Å². The van der Waals surface area contributed by atoms with Gasteiger partial charge in [0, 0.05) is 32.9 Å². The van der Waals surface area contributed by atoms with Crippen LogP contribution < -0.4 is 10.5 Å². The van der Waals surface area contributed by atoms with Crippen LogP contribution in [0.2, 0.25) is 0 Å². The maximum Gasteiger partial charge on any atom is 0.254 e. The van der Waals surface area contributed by atoms with Gasteiger partial charge in [0.2, 0.25) is 0 Å². The molecule has 110 valence electrons. The van der Waals surface area contributed by atoms with Crippen molar-refractivity contribution in [1.82, 2.24) is 4.90 Å². The molecule has 0 spiro atoms. The molecule has 0 saturated carbocycles. The van der Waals surface area contributed by atoms with Crippen LogP contribution in [0, 0.1) is 0 Å². The van der Waals surface area contributed by atoms with Crippen LogP contribution in [0.3, 0.4) is 0 Å². The van der Waals surface area contributed by atoms with E-state index in [2.05, 4.69) is 0 Å². The molecule has 1 aromatic rings.